The van der Waals surface area contributed by atoms with Gasteiger partial charge in [0, 0.05) is 19.5 Å². The van der Waals surface area contributed by atoms with Crippen LogP contribution in [0.15, 0.2) is 9.98 Å². The largest absolute Gasteiger partial charge is 0.481 e. The molecule has 25 heteroatoms. The number of aliphatic imine (C=N–C) groups is 2. The van der Waals surface area contributed by atoms with Crippen LogP contribution in [0.25, 0.3) is 0 Å². The molecular formula is C32H58N14O11. The van der Waals surface area contributed by atoms with Crippen LogP contribution in [0.2, 0.25) is 0 Å². The van der Waals surface area contributed by atoms with Gasteiger partial charge in [-0.2, -0.15) is 0 Å². The Morgan fingerprint density at radius 2 is 1.09 bits per heavy atom. The molecule has 0 bridgehead atoms. The van der Waals surface area contributed by atoms with Crippen molar-refractivity contribution in [3.8, 4) is 0 Å². The molecule has 0 aliphatic carbocycles. The summed E-state index contributed by atoms with van der Waals surface area (Å²) in [6, 6.07) is -8.43. The molecule has 0 rings (SSSR count). The Morgan fingerprint density at radius 3 is 1.58 bits per heavy atom. The fourth-order valence-electron chi connectivity index (χ4n) is 4.74. The number of carbonyl (C=O) groups excluding carboxylic acids is 7. The molecule has 20 N–H and O–H groups in total. The molecule has 25 nitrogen and oxygen atoms in total. The zero-order chi connectivity index (χ0) is 43.8. The number of hydrogen-bond donors (Lipinski definition) is 14. The fraction of sp³-hybridized carbons (Fsp3) is 0.656. The van der Waals surface area contributed by atoms with Gasteiger partial charge in [0.15, 0.2) is 11.9 Å². The van der Waals surface area contributed by atoms with Gasteiger partial charge in [-0.25, -0.2) is 4.79 Å². The second-order valence-electron chi connectivity index (χ2n) is 13.0. The molecule has 0 spiro atoms. The van der Waals surface area contributed by atoms with Gasteiger partial charge in [0.05, 0.1) is 19.0 Å². The summed E-state index contributed by atoms with van der Waals surface area (Å²) in [5, 5.41) is 32.8. The average molecular weight is 815 g/mol. The SMILES string of the molecule is CC[C@H](C)[C@H](N)C(=O)N[C@@H](CCC(N)=O)C(=O)N[C@@H](CC(=O)O)C(=O)N[C@@H](CCCN=C(N)N)C(=O)N[C@@H](C)C(=O)NCC(=O)N[C@@H](CCCN=C(N)N)C(=O)O. The number of aliphatic carboxylic acids is 2. The minimum Gasteiger partial charge on any atom is -0.481 e. The maximum atomic E-state index is 13.5. The van der Waals surface area contributed by atoms with Crippen LogP contribution < -0.4 is 66.3 Å². The number of nitrogens with two attached hydrogens (primary N) is 6. The summed E-state index contributed by atoms with van der Waals surface area (Å²) in [6.45, 7) is 4.18. The molecule has 7 atom stereocenters. The van der Waals surface area contributed by atoms with Gasteiger partial charge in [0.2, 0.25) is 41.4 Å². The van der Waals surface area contributed by atoms with Gasteiger partial charge < -0.3 is 76.5 Å². The van der Waals surface area contributed by atoms with E-state index in [0.29, 0.717) is 6.42 Å². The molecule has 0 heterocycles. The minimum absolute atomic E-state index is 0.00588. The molecule has 0 aliphatic rings. The van der Waals surface area contributed by atoms with Gasteiger partial charge in [-0.15, -0.1) is 0 Å². The number of primary amides is 1. The fourth-order valence-corrected chi connectivity index (χ4v) is 4.74. The molecule has 0 aromatic heterocycles. The molecule has 7 amide bonds. The Kier molecular flexibility index (Phi) is 23.6. The first-order valence-electron chi connectivity index (χ1n) is 18.0. The highest BCUT2D eigenvalue weighted by molar-refractivity contribution is 5.97. The smallest absolute Gasteiger partial charge is 0.326 e. The van der Waals surface area contributed by atoms with Crippen molar-refractivity contribution in [1.82, 2.24) is 31.9 Å². The maximum absolute atomic E-state index is 13.5. The van der Waals surface area contributed by atoms with Crippen LogP contribution in [0.4, 0.5) is 0 Å². The first kappa shape index (κ1) is 50.7. The molecule has 0 unspecified atom stereocenters. The summed E-state index contributed by atoms with van der Waals surface area (Å²) >= 11 is 0. The second-order valence-corrected chi connectivity index (χ2v) is 13.0. The van der Waals surface area contributed by atoms with Crippen LogP contribution in [0, 0.1) is 5.92 Å². The predicted molar refractivity (Wildman–Crippen MR) is 204 cm³/mol. The molecule has 0 radical (unpaired) electrons. The van der Waals surface area contributed by atoms with Gasteiger partial charge >= 0.3 is 11.9 Å². The van der Waals surface area contributed by atoms with Gasteiger partial charge in [-0.1, -0.05) is 20.3 Å². The molecule has 0 aromatic rings. The van der Waals surface area contributed by atoms with Crippen LogP contribution >= 0.6 is 0 Å². The molecule has 0 saturated carbocycles. The third kappa shape index (κ3) is 22.0. The highest BCUT2D eigenvalue weighted by Crippen LogP contribution is 2.08. The van der Waals surface area contributed by atoms with Crippen LogP contribution in [0.3, 0.4) is 0 Å². The first-order chi connectivity index (χ1) is 26.6. The van der Waals surface area contributed by atoms with E-state index in [0.717, 1.165) is 0 Å². The van der Waals surface area contributed by atoms with Gasteiger partial charge in [0.25, 0.3) is 0 Å². The van der Waals surface area contributed by atoms with Crippen LogP contribution in [-0.4, -0.2) is 131 Å². The summed E-state index contributed by atoms with van der Waals surface area (Å²) in [5.41, 5.74) is 32.3. The summed E-state index contributed by atoms with van der Waals surface area (Å²) in [7, 11) is 0. The lowest BCUT2D eigenvalue weighted by Crippen LogP contribution is -2.59. The summed E-state index contributed by atoms with van der Waals surface area (Å²) in [5.74, 6) is -10.1. The van der Waals surface area contributed by atoms with E-state index in [1.165, 1.54) is 6.92 Å². The number of guanidine groups is 2. The lowest BCUT2D eigenvalue weighted by atomic mass is 9.98. The minimum atomic E-state index is -1.82. The highest BCUT2D eigenvalue weighted by Gasteiger charge is 2.33. The number of amides is 7. The lowest BCUT2D eigenvalue weighted by molar-refractivity contribution is -0.142. The van der Waals surface area contributed by atoms with E-state index in [2.05, 4.69) is 41.9 Å². The maximum Gasteiger partial charge on any atom is 0.326 e. The number of hydrogen-bond acceptors (Lipinski definition) is 12. The topological polar surface area (TPSA) is 447 Å². The number of carbonyl (C=O) groups is 9. The second kappa shape index (κ2) is 26.5. The van der Waals surface area contributed by atoms with E-state index in [1.54, 1.807) is 13.8 Å². The van der Waals surface area contributed by atoms with Crippen molar-refractivity contribution in [2.45, 2.75) is 108 Å². The van der Waals surface area contributed by atoms with E-state index in [9.17, 15) is 53.4 Å². The van der Waals surface area contributed by atoms with Crippen molar-refractivity contribution in [3.05, 3.63) is 0 Å². The predicted octanol–water partition coefficient (Wildman–Crippen LogP) is -6.15. The lowest BCUT2D eigenvalue weighted by Gasteiger charge is -2.26. The molecule has 322 valence electrons. The van der Waals surface area contributed by atoms with Crippen molar-refractivity contribution in [3.63, 3.8) is 0 Å². The standard InChI is InChI=1S/C32H58N14O11/c1-4-15(2)24(34)29(55)45-18(9-10-21(33)47)27(53)46-20(13-23(49)50)28(54)44-17(7-5-11-39-31(35)36)26(52)42-16(3)25(51)41-14-22(48)43-19(30(56)57)8-6-12-40-32(37)38/h15-20,24H,4-14,34H2,1-3H3,(H2,33,47)(H,41,51)(H,42,52)(H,43,48)(H,44,54)(H,45,55)(H,46,53)(H,49,50)(H,56,57)(H4,35,36,39)(H4,37,38,40)/t15-,16-,17-,18-,19-,20-,24-/m0/s1. The summed E-state index contributed by atoms with van der Waals surface area (Å²) < 4.78 is 0. The Bertz CT molecular complexity index is 1480. The normalized spacial score (nSPS) is 14.3. The van der Waals surface area contributed by atoms with Crippen LogP contribution in [0.5, 0.6) is 0 Å². The molecule has 0 aliphatic heterocycles. The third-order valence-corrected chi connectivity index (χ3v) is 8.22. The van der Waals surface area contributed by atoms with Crippen molar-refractivity contribution in [2.75, 3.05) is 19.6 Å². The summed E-state index contributed by atoms with van der Waals surface area (Å²) in [4.78, 5) is 120. The van der Waals surface area contributed by atoms with Crippen LogP contribution in [-0.2, 0) is 43.2 Å². The third-order valence-electron chi connectivity index (χ3n) is 8.22. The van der Waals surface area contributed by atoms with E-state index >= 15 is 0 Å². The van der Waals surface area contributed by atoms with E-state index < -0.39 is 103 Å². The zero-order valence-electron chi connectivity index (χ0n) is 32.2. The first-order valence-corrected chi connectivity index (χ1v) is 18.0. The monoisotopic (exact) mass is 814 g/mol. The molecule has 0 saturated heterocycles. The van der Waals surface area contributed by atoms with Crippen molar-refractivity contribution in [1.29, 1.82) is 0 Å². The molecule has 0 fully saturated rings. The number of carboxylic acid groups (broad SMARTS) is 2. The molecule has 57 heavy (non-hydrogen) atoms. The number of carboxylic acids is 2. The van der Waals surface area contributed by atoms with E-state index in [4.69, 9.17) is 34.4 Å². The molecule has 0 aromatic carbocycles. The zero-order valence-corrected chi connectivity index (χ0v) is 32.2. The Labute approximate surface area is 328 Å². The Morgan fingerprint density at radius 1 is 0.614 bits per heavy atom. The van der Waals surface area contributed by atoms with Gasteiger partial charge in [0.1, 0.15) is 30.2 Å². The number of nitrogens with one attached hydrogen (secondary N) is 6. The number of nitrogens with zero attached hydrogens (tertiary/aromatic N) is 2. The van der Waals surface area contributed by atoms with Crippen LogP contribution in [0.1, 0.15) is 72.1 Å². The van der Waals surface area contributed by atoms with Gasteiger partial charge in [-0.3, -0.25) is 48.3 Å². The highest BCUT2D eigenvalue weighted by atomic mass is 16.4. The molecular weight excluding hydrogens is 756 g/mol. The Balaban J connectivity index is 5.92. The van der Waals surface area contributed by atoms with Crippen molar-refractivity contribution < 1.29 is 53.4 Å². The van der Waals surface area contributed by atoms with Gasteiger partial charge in [-0.05, 0) is 44.9 Å². The van der Waals surface area contributed by atoms with Crippen molar-refractivity contribution >= 4 is 65.2 Å². The van der Waals surface area contributed by atoms with E-state index in [1.807, 2.05) is 0 Å². The van der Waals surface area contributed by atoms with E-state index in [-0.39, 0.29) is 69.5 Å². The summed E-state index contributed by atoms with van der Waals surface area (Å²) in [6.07, 6.45) is -1.03. The van der Waals surface area contributed by atoms with Crippen molar-refractivity contribution in [2.24, 2.45) is 50.3 Å². The average Bonchev–Trinajstić information content (AvgIpc) is 3.12. The quantitative estimate of drug-likeness (QED) is 0.0198. The Hall–Kier alpha value is -6.27. The number of rotatable bonds is 28.